The smallest absolute Gasteiger partial charge is 0.0177 e. The van der Waals surface area contributed by atoms with Crippen molar-refractivity contribution in [2.45, 2.75) is 44.5 Å². The number of rotatable bonds is 4. The lowest BCUT2D eigenvalue weighted by atomic mass is 9.76. The molecule has 1 aliphatic rings. The Morgan fingerprint density at radius 2 is 2.00 bits per heavy atom. The van der Waals surface area contributed by atoms with Gasteiger partial charge in [-0.15, -0.1) is 0 Å². The largest absolute Gasteiger partial charge is 0.314 e. The van der Waals surface area contributed by atoms with Gasteiger partial charge >= 0.3 is 0 Å². The highest BCUT2D eigenvalue weighted by Gasteiger charge is 2.32. The summed E-state index contributed by atoms with van der Waals surface area (Å²) in [5.74, 6) is 1.74. The number of halogens is 1. The summed E-state index contributed by atoms with van der Waals surface area (Å²) in [4.78, 5) is 0.793. The highest BCUT2D eigenvalue weighted by molar-refractivity contribution is 9.09. The van der Waals surface area contributed by atoms with Gasteiger partial charge in [0.1, 0.15) is 0 Å². The van der Waals surface area contributed by atoms with Crippen molar-refractivity contribution in [2.75, 3.05) is 6.54 Å². The van der Waals surface area contributed by atoms with Crippen molar-refractivity contribution >= 4 is 15.9 Å². The molecule has 1 rings (SSSR count). The molecule has 0 aromatic heterocycles. The Kier molecular flexibility index (Phi) is 4.04. The van der Waals surface area contributed by atoms with Crippen LogP contribution in [0.25, 0.3) is 0 Å². The fourth-order valence-electron chi connectivity index (χ4n) is 1.70. The van der Waals surface area contributed by atoms with Crippen LogP contribution in [0.3, 0.4) is 0 Å². The van der Waals surface area contributed by atoms with Gasteiger partial charge in [0.2, 0.25) is 0 Å². The molecule has 2 heteroatoms. The van der Waals surface area contributed by atoms with Gasteiger partial charge in [0, 0.05) is 10.9 Å². The predicted molar refractivity (Wildman–Crippen MR) is 57.7 cm³/mol. The molecule has 0 amide bonds. The van der Waals surface area contributed by atoms with E-state index in [2.05, 4.69) is 42.0 Å². The maximum Gasteiger partial charge on any atom is 0.0177 e. The van der Waals surface area contributed by atoms with E-state index in [9.17, 15) is 0 Å². The minimum absolute atomic E-state index is 0.626. The molecule has 0 spiro atoms. The van der Waals surface area contributed by atoms with Crippen molar-refractivity contribution in [1.82, 2.24) is 5.32 Å². The first-order chi connectivity index (χ1) is 5.61. The van der Waals surface area contributed by atoms with Gasteiger partial charge in [-0.2, -0.15) is 0 Å². The highest BCUT2D eigenvalue weighted by Crippen LogP contribution is 2.38. The molecule has 1 unspecified atom stereocenters. The second-order valence-electron chi connectivity index (χ2n) is 4.30. The van der Waals surface area contributed by atoms with E-state index in [0.717, 1.165) is 16.7 Å². The standard InChI is InChI=1S/C10H20BrN/c1-7(2)12-6-8(3)9-4-5-10(9)11/h7-10,12H,4-6H2,1-3H3/t8?,9-,10-/m0/s1. The molecule has 0 aromatic rings. The Morgan fingerprint density at radius 1 is 1.33 bits per heavy atom. The summed E-state index contributed by atoms with van der Waals surface area (Å²) in [6.07, 6.45) is 2.79. The fraction of sp³-hybridized carbons (Fsp3) is 1.00. The Bertz CT molecular complexity index is 136. The van der Waals surface area contributed by atoms with Gasteiger partial charge < -0.3 is 5.32 Å². The third kappa shape index (κ3) is 2.74. The predicted octanol–water partition coefficient (Wildman–Crippen LogP) is 2.79. The van der Waals surface area contributed by atoms with Crippen LogP contribution in [0.2, 0.25) is 0 Å². The van der Waals surface area contributed by atoms with E-state index in [-0.39, 0.29) is 0 Å². The normalized spacial score (nSPS) is 31.8. The molecular weight excluding hydrogens is 214 g/mol. The number of hydrogen-bond donors (Lipinski definition) is 1. The average Bonchev–Trinajstić information content (AvgIpc) is 1.98. The number of nitrogens with one attached hydrogen (secondary N) is 1. The van der Waals surface area contributed by atoms with E-state index in [0.29, 0.717) is 6.04 Å². The van der Waals surface area contributed by atoms with E-state index in [1.165, 1.54) is 19.4 Å². The molecule has 0 heterocycles. The molecule has 0 aromatic carbocycles. The molecule has 0 bridgehead atoms. The van der Waals surface area contributed by atoms with E-state index in [1.54, 1.807) is 0 Å². The minimum atomic E-state index is 0.626. The molecule has 1 fully saturated rings. The SMILES string of the molecule is CC(C)NCC(C)[C@@H]1CC[C@@H]1Br. The molecule has 72 valence electrons. The summed E-state index contributed by atoms with van der Waals surface area (Å²) in [5, 5.41) is 3.49. The van der Waals surface area contributed by atoms with Gasteiger partial charge in [-0.3, -0.25) is 0 Å². The molecule has 0 radical (unpaired) electrons. The Morgan fingerprint density at radius 3 is 2.33 bits per heavy atom. The van der Waals surface area contributed by atoms with Crippen LogP contribution in [0.5, 0.6) is 0 Å². The van der Waals surface area contributed by atoms with Crippen LogP contribution in [0.1, 0.15) is 33.6 Å². The van der Waals surface area contributed by atoms with E-state index < -0.39 is 0 Å². The zero-order valence-corrected chi connectivity index (χ0v) is 9.89. The monoisotopic (exact) mass is 233 g/mol. The van der Waals surface area contributed by atoms with Crippen LogP contribution in [0, 0.1) is 11.8 Å². The van der Waals surface area contributed by atoms with E-state index in [1.807, 2.05) is 0 Å². The van der Waals surface area contributed by atoms with Crippen LogP contribution in [0.15, 0.2) is 0 Å². The first kappa shape index (κ1) is 10.5. The minimum Gasteiger partial charge on any atom is -0.314 e. The average molecular weight is 234 g/mol. The molecule has 1 nitrogen and oxygen atoms in total. The molecule has 3 atom stereocenters. The molecule has 1 saturated carbocycles. The van der Waals surface area contributed by atoms with Gasteiger partial charge in [-0.05, 0) is 31.2 Å². The van der Waals surface area contributed by atoms with Gasteiger partial charge in [0.15, 0.2) is 0 Å². The molecule has 12 heavy (non-hydrogen) atoms. The lowest BCUT2D eigenvalue weighted by Crippen LogP contribution is -2.38. The lowest BCUT2D eigenvalue weighted by Gasteiger charge is -2.37. The lowest BCUT2D eigenvalue weighted by molar-refractivity contribution is 0.228. The Hall–Kier alpha value is 0.440. The number of alkyl halides is 1. The third-order valence-corrected chi connectivity index (χ3v) is 3.96. The van der Waals surface area contributed by atoms with Crippen molar-refractivity contribution in [3.63, 3.8) is 0 Å². The van der Waals surface area contributed by atoms with Crippen LogP contribution in [-0.2, 0) is 0 Å². The second-order valence-corrected chi connectivity index (χ2v) is 5.47. The van der Waals surface area contributed by atoms with E-state index >= 15 is 0 Å². The summed E-state index contributed by atoms with van der Waals surface area (Å²) in [5.41, 5.74) is 0. The Balaban J connectivity index is 2.15. The maximum absolute atomic E-state index is 3.71. The summed E-state index contributed by atoms with van der Waals surface area (Å²) >= 11 is 3.71. The van der Waals surface area contributed by atoms with Crippen LogP contribution in [0.4, 0.5) is 0 Å². The maximum atomic E-state index is 3.71. The van der Waals surface area contributed by atoms with Crippen LogP contribution >= 0.6 is 15.9 Å². The van der Waals surface area contributed by atoms with E-state index in [4.69, 9.17) is 0 Å². The molecule has 1 N–H and O–H groups in total. The second kappa shape index (κ2) is 4.61. The summed E-state index contributed by atoms with van der Waals surface area (Å²) < 4.78 is 0. The summed E-state index contributed by atoms with van der Waals surface area (Å²) in [7, 11) is 0. The highest BCUT2D eigenvalue weighted by atomic mass is 79.9. The zero-order chi connectivity index (χ0) is 9.14. The zero-order valence-electron chi connectivity index (χ0n) is 8.31. The molecule has 1 aliphatic carbocycles. The number of hydrogen-bond acceptors (Lipinski definition) is 1. The quantitative estimate of drug-likeness (QED) is 0.737. The van der Waals surface area contributed by atoms with Crippen molar-refractivity contribution in [2.24, 2.45) is 11.8 Å². The molecular formula is C10H20BrN. The van der Waals surface area contributed by atoms with Gasteiger partial charge in [0.25, 0.3) is 0 Å². The topological polar surface area (TPSA) is 12.0 Å². The fourth-order valence-corrected chi connectivity index (χ4v) is 2.75. The summed E-state index contributed by atoms with van der Waals surface area (Å²) in [6.45, 7) is 7.94. The molecule has 0 aliphatic heterocycles. The van der Waals surface area contributed by atoms with Gasteiger partial charge in [0.05, 0.1) is 0 Å². The van der Waals surface area contributed by atoms with Gasteiger partial charge in [-0.1, -0.05) is 36.7 Å². The van der Waals surface area contributed by atoms with Crippen molar-refractivity contribution in [3.8, 4) is 0 Å². The first-order valence-electron chi connectivity index (χ1n) is 4.98. The molecule has 0 saturated heterocycles. The third-order valence-electron chi connectivity index (χ3n) is 2.82. The first-order valence-corrected chi connectivity index (χ1v) is 5.90. The van der Waals surface area contributed by atoms with Crippen molar-refractivity contribution in [3.05, 3.63) is 0 Å². The van der Waals surface area contributed by atoms with Crippen molar-refractivity contribution in [1.29, 1.82) is 0 Å². The van der Waals surface area contributed by atoms with Crippen LogP contribution in [-0.4, -0.2) is 17.4 Å². The summed E-state index contributed by atoms with van der Waals surface area (Å²) in [6, 6.07) is 0.626. The van der Waals surface area contributed by atoms with Gasteiger partial charge in [-0.25, -0.2) is 0 Å². The van der Waals surface area contributed by atoms with Crippen LogP contribution < -0.4 is 5.32 Å². The van der Waals surface area contributed by atoms with Crippen molar-refractivity contribution < 1.29 is 0 Å². The Labute approximate surface area is 84.4 Å².